The largest absolute Gasteiger partial charge is 0.457 e. The molecule has 4 heteroatoms. The Bertz CT molecular complexity index is 702. The Balaban J connectivity index is 1.60. The van der Waals surface area contributed by atoms with Crippen LogP contribution in [0, 0.1) is 0 Å². The van der Waals surface area contributed by atoms with E-state index >= 15 is 0 Å². The van der Waals surface area contributed by atoms with Gasteiger partial charge >= 0.3 is 12.3 Å². The number of fused-ring (bicyclic) bond motifs is 2. The second-order valence-corrected chi connectivity index (χ2v) is 6.66. The fourth-order valence-electron chi connectivity index (χ4n) is 3.49. The van der Waals surface area contributed by atoms with Gasteiger partial charge in [0.25, 0.3) is 0 Å². The highest BCUT2D eigenvalue weighted by atomic mass is 16.7. The molecular weight excluding hydrogens is 316 g/mol. The molecule has 0 aromatic heterocycles. The van der Waals surface area contributed by atoms with E-state index in [1.54, 1.807) is 0 Å². The number of rotatable bonds is 2. The van der Waals surface area contributed by atoms with Crippen LogP contribution in [0.25, 0.3) is 0 Å². The number of esters is 1. The second kappa shape index (κ2) is 7.18. The van der Waals surface area contributed by atoms with Gasteiger partial charge in [-0.2, -0.15) is 0 Å². The molecule has 0 bridgehead atoms. The Kier molecular flexibility index (Phi) is 4.59. The molecule has 1 fully saturated rings. The van der Waals surface area contributed by atoms with E-state index in [2.05, 4.69) is 0 Å². The van der Waals surface area contributed by atoms with Crippen LogP contribution in [0.2, 0.25) is 0 Å². The van der Waals surface area contributed by atoms with Crippen LogP contribution in [-0.2, 0) is 16.0 Å². The van der Waals surface area contributed by atoms with Crippen LogP contribution in [-0.4, -0.2) is 18.4 Å². The van der Waals surface area contributed by atoms with Crippen LogP contribution in [0.15, 0.2) is 48.5 Å². The summed E-state index contributed by atoms with van der Waals surface area (Å²) in [5.74, 6) is 0.892. The highest BCUT2D eigenvalue weighted by Gasteiger charge is 2.30. The van der Waals surface area contributed by atoms with E-state index in [0.717, 1.165) is 36.8 Å². The molecule has 0 saturated heterocycles. The van der Waals surface area contributed by atoms with Crippen molar-refractivity contribution in [1.29, 1.82) is 0 Å². The number of para-hydroxylation sites is 2. The summed E-state index contributed by atoms with van der Waals surface area (Å²) >= 11 is 0. The quantitative estimate of drug-likeness (QED) is 0.768. The van der Waals surface area contributed by atoms with E-state index in [1.807, 2.05) is 48.5 Å². The van der Waals surface area contributed by atoms with Crippen LogP contribution in [0.4, 0.5) is 0 Å². The average Bonchev–Trinajstić information content (AvgIpc) is 2.62. The molecule has 130 valence electrons. The van der Waals surface area contributed by atoms with Gasteiger partial charge in [0.1, 0.15) is 17.6 Å². The number of hydrogen-bond acceptors (Lipinski definition) is 4. The van der Waals surface area contributed by atoms with Crippen LogP contribution in [0.3, 0.4) is 0 Å². The lowest BCUT2D eigenvalue weighted by atomic mass is 9.98. The molecule has 4 rings (SSSR count). The van der Waals surface area contributed by atoms with Crippen molar-refractivity contribution in [1.82, 2.24) is 0 Å². The Morgan fingerprint density at radius 2 is 1.40 bits per heavy atom. The van der Waals surface area contributed by atoms with Crippen molar-refractivity contribution < 1.29 is 19.0 Å². The number of hydrogen-bond donors (Lipinski definition) is 0. The van der Waals surface area contributed by atoms with Gasteiger partial charge in [0.2, 0.25) is 0 Å². The van der Waals surface area contributed by atoms with Crippen molar-refractivity contribution in [2.75, 3.05) is 0 Å². The Morgan fingerprint density at radius 3 is 2.00 bits per heavy atom. The maximum Gasteiger partial charge on any atom is 0.389 e. The highest BCUT2D eigenvalue weighted by Crippen LogP contribution is 2.31. The van der Waals surface area contributed by atoms with E-state index in [-0.39, 0.29) is 6.10 Å². The minimum Gasteiger partial charge on any atom is -0.457 e. The van der Waals surface area contributed by atoms with Crippen LogP contribution < -0.4 is 9.47 Å². The van der Waals surface area contributed by atoms with Crippen molar-refractivity contribution in [2.45, 2.75) is 50.9 Å². The summed E-state index contributed by atoms with van der Waals surface area (Å²) in [6.45, 7) is 0. The maximum atomic E-state index is 12.7. The van der Waals surface area contributed by atoms with Gasteiger partial charge in [0.15, 0.2) is 0 Å². The summed E-state index contributed by atoms with van der Waals surface area (Å²) in [6.07, 6.45) is 4.87. The average molecular weight is 338 g/mol. The predicted molar refractivity (Wildman–Crippen MR) is 93.7 cm³/mol. The minimum atomic E-state index is -1.08. The number of ether oxygens (including phenoxy) is 3. The van der Waals surface area contributed by atoms with E-state index in [4.69, 9.17) is 14.2 Å². The third-order valence-corrected chi connectivity index (χ3v) is 4.82. The molecule has 0 spiro atoms. The summed E-state index contributed by atoms with van der Waals surface area (Å²) in [6, 6.07) is 15.5. The zero-order chi connectivity index (χ0) is 17.1. The van der Waals surface area contributed by atoms with E-state index in [1.165, 1.54) is 6.42 Å². The summed E-state index contributed by atoms with van der Waals surface area (Å²) in [4.78, 5) is 12.7. The molecule has 0 atom stereocenters. The first kappa shape index (κ1) is 16.0. The molecule has 0 amide bonds. The lowest BCUT2D eigenvalue weighted by Gasteiger charge is -2.27. The number of carbonyl (C=O) groups excluding carboxylic acids is 1. The third-order valence-electron chi connectivity index (χ3n) is 4.82. The van der Waals surface area contributed by atoms with Crippen molar-refractivity contribution in [3.8, 4) is 11.5 Å². The zero-order valence-electron chi connectivity index (χ0n) is 14.1. The molecule has 2 aromatic carbocycles. The van der Waals surface area contributed by atoms with Crippen molar-refractivity contribution in [3.05, 3.63) is 59.7 Å². The molecule has 25 heavy (non-hydrogen) atoms. The second-order valence-electron chi connectivity index (χ2n) is 6.66. The van der Waals surface area contributed by atoms with Gasteiger partial charge in [-0.15, -0.1) is 0 Å². The topological polar surface area (TPSA) is 44.8 Å². The fourth-order valence-corrected chi connectivity index (χ4v) is 3.49. The molecule has 1 saturated carbocycles. The van der Waals surface area contributed by atoms with Crippen molar-refractivity contribution in [2.24, 2.45) is 0 Å². The van der Waals surface area contributed by atoms with Gasteiger partial charge in [0, 0.05) is 6.42 Å². The molecule has 4 nitrogen and oxygen atoms in total. The lowest BCUT2D eigenvalue weighted by Crippen LogP contribution is -2.38. The Morgan fingerprint density at radius 1 is 0.840 bits per heavy atom. The van der Waals surface area contributed by atoms with Crippen LogP contribution in [0.1, 0.15) is 43.2 Å². The smallest absolute Gasteiger partial charge is 0.389 e. The van der Waals surface area contributed by atoms with E-state index < -0.39 is 12.3 Å². The minimum absolute atomic E-state index is 0.0237. The standard InChI is InChI=1S/C21H22O4/c22-20(23-17-10-2-1-3-11-17)21-24-18-12-6-4-8-15(18)14-16-9-5-7-13-19(16)25-21/h4-9,12-13,17,21H,1-3,10-11,14H2. The Labute approximate surface area is 147 Å². The van der Waals surface area contributed by atoms with Gasteiger partial charge < -0.3 is 14.2 Å². The molecular formula is C21H22O4. The molecule has 0 radical (unpaired) electrons. The van der Waals surface area contributed by atoms with Crippen LogP contribution >= 0.6 is 0 Å². The summed E-state index contributed by atoms with van der Waals surface area (Å²) in [7, 11) is 0. The normalized spacial score (nSPS) is 17.9. The molecule has 1 aliphatic heterocycles. The highest BCUT2D eigenvalue weighted by molar-refractivity contribution is 5.74. The molecule has 0 N–H and O–H groups in total. The van der Waals surface area contributed by atoms with Gasteiger partial charge in [0.05, 0.1) is 0 Å². The first-order chi connectivity index (χ1) is 12.3. The number of carbonyl (C=O) groups is 1. The van der Waals surface area contributed by atoms with Gasteiger partial charge in [-0.3, -0.25) is 0 Å². The van der Waals surface area contributed by atoms with Gasteiger partial charge in [-0.05, 0) is 48.9 Å². The summed E-state index contributed by atoms with van der Waals surface area (Å²) < 4.78 is 17.5. The van der Waals surface area contributed by atoms with Crippen LogP contribution in [0.5, 0.6) is 11.5 Å². The predicted octanol–water partition coefficient (Wildman–Crippen LogP) is 4.25. The summed E-state index contributed by atoms with van der Waals surface area (Å²) in [5, 5.41) is 0. The van der Waals surface area contributed by atoms with Crippen molar-refractivity contribution >= 4 is 5.97 Å². The molecule has 2 aromatic rings. The summed E-state index contributed by atoms with van der Waals surface area (Å²) in [5.41, 5.74) is 2.07. The first-order valence-corrected chi connectivity index (χ1v) is 8.99. The zero-order valence-corrected chi connectivity index (χ0v) is 14.1. The molecule has 1 aliphatic carbocycles. The number of benzene rings is 2. The molecule has 2 aliphatic rings. The molecule has 1 heterocycles. The third kappa shape index (κ3) is 3.63. The fraction of sp³-hybridized carbons (Fsp3) is 0.381. The van der Waals surface area contributed by atoms with E-state index in [0.29, 0.717) is 17.9 Å². The SMILES string of the molecule is O=C(OC1CCCCC1)C1Oc2ccccc2Cc2ccccc2O1. The molecule has 0 unspecified atom stereocenters. The van der Waals surface area contributed by atoms with Crippen molar-refractivity contribution in [3.63, 3.8) is 0 Å². The van der Waals surface area contributed by atoms with Gasteiger partial charge in [-0.1, -0.05) is 42.8 Å². The van der Waals surface area contributed by atoms with E-state index in [9.17, 15) is 4.79 Å². The first-order valence-electron chi connectivity index (χ1n) is 8.99. The van der Waals surface area contributed by atoms with Gasteiger partial charge in [-0.25, -0.2) is 4.79 Å². The monoisotopic (exact) mass is 338 g/mol. The lowest BCUT2D eigenvalue weighted by molar-refractivity contribution is -0.172. The Hall–Kier alpha value is -2.49. The maximum absolute atomic E-state index is 12.7.